The minimum absolute atomic E-state index is 0.0532. The van der Waals surface area contributed by atoms with Crippen molar-refractivity contribution < 1.29 is 13.3 Å². The molecule has 0 aromatic carbocycles. The molecule has 13 heavy (non-hydrogen) atoms. The van der Waals surface area contributed by atoms with Crippen molar-refractivity contribution in [2.24, 2.45) is 17.2 Å². The first-order chi connectivity index (χ1) is 5.97. The van der Waals surface area contributed by atoms with Crippen molar-refractivity contribution >= 4 is 9.53 Å². The normalized spacial score (nSPS) is 23.8. The molecule has 0 aromatic rings. The molecule has 0 bridgehead atoms. The molecule has 0 saturated heterocycles. The zero-order valence-electron chi connectivity index (χ0n) is 8.32. The van der Waals surface area contributed by atoms with Crippen molar-refractivity contribution in [2.45, 2.75) is 18.1 Å². The molecule has 1 saturated carbocycles. The molecule has 1 atom stereocenters. The van der Waals surface area contributed by atoms with Gasteiger partial charge >= 0.3 is 9.53 Å². The van der Waals surface area contributed by atoms with Gasteiger partial charge in [0.1, 0.15) is 0 Å². The van der Waals surface area contributed by atoms with Gasteiger partial charge in [-0.25, -0.2) is 0 Å². The lowest BCUT2D eigenvalue weighted by Crippen LogP contribution is -2.39. The van der Waals surface area contributed by atoms with Crippen LogP contribution in [-0.4, -0.2) is 42.6 Å². The predicted molar refractivity (Wildman–Crippen MR) is 51.9 cm³/mol. The maximum atomic E-state index is 5.26. The maximum Gasteiger partial charge on any atom is 0.483 e. The Morgan fingerprint density at radius 1 is 1.15 bits per heavy atom. The van der Waals surface area contributed by atoms with Gasteiger partial charge in [0, 0.05) is 27.4 Å². The van der Waals surface area contributed by atoms with Gasteiger partial charge in [0.2, 0.25) is 0 Å². The minimum Gasteiger partial charge on any atom is -0.379 e. The summed E-state index contributed by atoms with van der Waals surface area (Å²) in [6.07, 6.45) is 0.771. The van der Waals surface area contributed by atoms with Gasteiger partial charge in [0.25, 0.3) is 0 Å². The number of hydrogen-bond acceptors (Lipinski definition) is 6. The smallest absolute Gasteiger partial charge is 0.379 e. The Bertz CT molecular complexity index is 138. The van der Waals surface area contributed by atoms with Crippen molar-refractivity contribution in [2.75, 3.05) is 21.3 Å². The predicted octanol–water partition coefficient (Wildman–Crippen LogP) is -2.03. The molecule has 1 aliphatic carbocycles. The van der Waals surface area contributed by atoms with E-state index in [0.29, 0.717) is 0 Å². The van der Waals surface area contributed by atoms with Gasteiger partial charge in [-0.2, -0.15) is 0 Å². The third-order valence-corrected chi connectivity index (χ3v) is 2.84. The summed E-state index contributed by atoms with van der Waals surface area (Å²) >= 11 is 0. The molecule has 1 unspecified atom stereocenters. The van der Waals surface area contributed by atoms with E-state index in [1.165, 1.54) is 0 Å². The quantitative estimate of drug-likeness (QED) is 0.366. The highest BCUT2D eigenvalue weighted by molar-refractivity contribution is 6.36. The van der Waals surface area contributed by atoms with Crippen LogP contribution in [0.4, 0.5) is 0 Å². The molecule has 80 valence electrons. The van der Waals surface area contributed by atoms with E-state index in [1.807, 2.05) is 0 Å². The molecule has 0 radical (unpaired) electrons. The van der Waals surface area contributed by atoms with Gasteiger partial charge in [0.05, 0.1) is 5.66 Å². The summed E-state index contributed by atoms with van der Waals surface area (Å²) < 4.78 is 14.2. The van der Waals surface area contributed by atoms with Crippen molar-refractivity contribution in [3.8, 4) is 0 Å². The van der Waals surface area contributed by atoms with Crippen molar-refractivity contribution in [3.63, 3.8) is 0 Å². The van der Waals surface area contributed by atoms with Crippen LogP contribution in [0.25, 0.3) is 0 Å². The van der Waals surface area contributed by atoms with Crippen LogP contribution in [0.2, 0.25) is 0 Å². The van der Waals surface area contributed by atoms with Gasteiger partial charge in [-0.05, 0) is 6.42 Å². The fourth-order valence-corrected chi connectivity index (χ4v) is 1.19. The Hall–Kier alpha value is -0.0231. The Balaban J connectivity index is 0.000000223. The van der Waals surface area contributed by atoms with Gasteiger partial charge in [-0.3, -0.25) is 0 Å². The van der Waals surface area contributed by atoms with E-state index in [1.54, 1.807) is 21.3 Å². The monoisotopic (exact) mass is 209 g/mol. The van der Waals surface area contributed by atoms with Crippen molar-refractivity contribution in [1.29, 1.82) is 0 Å². The number of hydrogen-bond donors (Lipinski definition) is 3. The summed E-state index contributed by atoms with van der Waals surface area (Å²) in [6.45, 7) is 0. The highest BCUT2D eigenvalue weighted by Crippen LogP contribution is 2.23. The molecule has 1 fully saturated rings. The van der Waals surface area contributed by atoms with Crippen molar-refractivity contribution in [1.82, 2.24) is 0 Å². The summed E-state index contributed by atoms with van der Waals surface area (Å²) in [5, 5.41) is 0. The molecule has 6 N–H and O–H groups in total. The van der Waals surface area contributed by atoms with Gasteiger partial charge in [-0.15, -0.1) is 0 Å². The first-order valence-electron chi connectivity index (χ1n) is 3.89. The first-order valence-corrected chi connectivity index (χ1v) is 5.31. The first kappa shape index (κ1) is 13.0. The summed E-state index contributed by atoms with van der Waals surface area (Å²) in [5.74, 6) is 0. The van der Waals surface area contributed by atoms with E-state index in [-0.39, 0.29) is 6.04 Å². The summed E-state index contributed by atoms with van der Waals surface area (Å²) in [4.78, 5) is 0. The van der Waals surface area contributed by atoms with Crippen LogP contribution in [0, 0.1) is 0 Å². The largest absolute Gasteiger partial charge is 0.483 e. The highest BCUT2D eigenvalue weighted by atomic mass is 28.3. The third-order valence-electron chi connectivity index (χ3n) is 1.68. The van der Waals surface area contributed by atoms with E-state index < -0.39 is 15.2 Å². The van der Waals surface area contributed by atoms with E-state index >= 15 is 0 Å². The molecular formula is C6H19N3O3Si. The zero-order chi connectivity index (χ0) is 10.5. The van der Waals surface area contributed by atoms with Crippen LogP contribution in [0.5, 0.6) is 0 Å². The number of rotatable bonds is 3. The Kier molecular flexibility index (Phi) is 5.64. The average molecular weight is 209 g/mol. The van der Waals surface area contributed by atoms with Crippen LogP contribution >= 0.6 is 0 Å². The van der Waals surface area contributed by atoms with Crippen LogP contribution in [-0.2, 0) is 13.3 Å². The van der Waals surface area contributed by atoms with Gasteiger partial charge in [0.15, 0.2) is 0 Å². The van der Waals surface area contributed by atoms with Crippen LogP contribution in [0.1, 0.15) is 6.42 Å². The molecule has 1 rings (SSSR count). The molecule has 0 amide bonds. The highest BCUT2D eigenvalue weighted by Gasteiger charge is 2.44. The second-order valence-corrected chi connectivity index (χ2v) is 4.91. The zero-order valence-corrected chi connectivity index (χ0v) is 9.47. The van der Waals surface area contributed by atoms with Crippen molar-refractivity contribution in [3.05, 3.63) is 0 Å². The molecule has 0 heterocycles. The Labute approximate surface area is 80.3 Å². The average Bonchev–Trinajstić information content (AvgIpc) is 2.61. The fourth-order valence-electron chi connectivity index (χ4n) is 0.611. The molecule has 6 nitrogen and oxygen atoms in total. The third kappa shape index (κ3) is 5.31. The maximum absolute atomic E-state index is 5.26. The second-order valence-electron chi connectivity index (χ2n) is 2.92. The molecule has 1 aliphatic rings. The molecule has 0 aromatic heterocycles. The van der Waals surface area contributed by atoms with E-state index in [4.69, 9.17) is 30.5 Å². The lowest BCUT2D eigenvalue weighted by Gasteiger charge is -2.05. The van der Waals surface area contributed by atoms with Gasteiger partial charge in [-0.1, -0.05) is 0 Å². The fraction of sp³-hybridized carbons (Fsp3) is 1.00. The SMILES string of the molecule is CO[SiH](OC)OC.NC1CC1(N)N. The lowest BCUT2D eigenvalue weighted by atomic mass is 10.5. The van der Waals surface area contributed by atoms with Crippen LogP contribution in [0.15, 0.2) is 0 Å². The molecule has 0 aliphatic heterocycles. The standard InChI is InChI=1S/C3H9N3.C3H10O3Si/c4-2-1-3(2,5)6;1-4-7(5-2)6-3/h2H,1,4-6H2;7H,1-3H3. The Morgan fingerprint density at radius 3 is 1.38 bits per heavy atom. The summed E-state index contributed by atoms with van der Waals surface area (Å²) in [5.41, 5.74) is 15.3. The summed E-state index contributed by atoms with van der Waals surface area (Å²) in [6, 6.07) is 0.0532. The molecular weight excluding hydrogens is 190 g/mol. The van der Waals surface area contributed by atoms with Crippen LogP contribution < -0.4 is 17.2 Å². The lowest BCUT2D eigenvalue weighted by molar-refractivity contribution is 0.163. The van der Waals surface area contributed by atoms with E-state index in [2.05, 4.69) is 0 Å². The summed E-state index contributed by atoms with van der Waals surface area (Å²) in [7, 11) is 3.05. The van der Waals surface area contributed by atoms with Gasteiger partial charge < -0.3 is 30.5 Å². The topological polar surface area (TPSA) is 106 Å². The molecule has 0 spiro atoms. The Morgan fingerprint density at radius 2 is 1.38 bits per heavy atom. The molecule has 7 heteroatoms. The second kappa shape index (κ2) is 5.65. The number of nitrogens with two attached hydrogens (primary N) is 3. The van der Waals surface area contributed by atoms with E-state index in [9.17, 15) is 0 Å². The minimum atomic E-state index is -1.67. The van der Waals surface area contributed by atoms with Crippen LogP contribution in [0.3, 0.4) is 0 Å². The van der Waals surface area contributed by atoms with E-state index in [0.717, 1.165) is 6.42 Å².